The fourth-order valence-electron chi connectivity index (χ4n) is 2.42. The van der Waals surface area contributed by atoms with Gasteiger partial charge in [-0.3, -0.25) is 9.89 Å². The zero-order chi connectivity index (χ0) is 14.4. The molecule has 0 bridgehead atoms. The van der Waals surface area contributed by atoms with E-state index >= 15 is 0 Å². The molecule has 2 aromatic carbocycles. The Morgan fingerprint density at radius 3 is 2.95 bits per heavy atom. The summed E-state index contributed by atoms with van der Waals surface area (Å²) in [4.78, 5) is 12.0. The predicted molar refractivity (Wildman–Crippen MR) is 76.8 cm³/mol. The molecule has 2 N–H and O–H groups in total. The van der Waals surface area contributed by atoms with Gasteiger partial charge in [0, 0.05) is 16.8 Å². The first-order chi connectivity index (χ1) is 10.2. The van der Waals surface area contributed by atoms with Gasteiger partial charge in [0.15, 0.2) is 0 Å². The van der Waals surface area contributed by atoms with E-state index in [0.29, 0.717) is 16.8 Å². The molecule has 1 aliphatic heterocycles. The quantitative estimate of drug-likeness (QED) is 0.673. The number of nitrogens with zero attached hydrogens (tertiary/aromatic N) is 2. The summed E-state index contributed by atoms with van der Waals surface area (Å²) in [7, 11) is 0. The fourth-order valence-corrected chi connectivity index (χ4v) is 2.42. The third-order valence-electron chi connectivity index (χ3n) is 3.42. The molecule has 102 valence electrons. The number of halogens is 1. The lowest BCUT2D eigenvalue weighted by atomic mass is 10.0. The summed E-state index contributed by atoms with van der Waals surface area (Å²) in [5, 5.41) is 13.1. The van der Waals surface area contributed by atoms with E-state index in [0.717, 1.165) is 16.6 Å². The molecular weight excluding hydrogens is 271 g/mol. The summed E-state index contributed by atoms with van der Waals surface area (Å²) in [6, 6.07) is 9.73. The van der Waals surface area contributed by atoms with E-state index in [1.165, 1.54) is 12.1 Å². The Labute approximate surface area is 118 Å². The summed E-state index contributed by atoms with van der Waals surface area (Å²) < 4.78 is 13.4. The SMILES string of the molecule is O=C1Nc2ccc(F)cc2/C1=C\c1ccc2nn[nH]c2c1. The molecule has 0 saturated carbocycles. The Bertz CT molecular complexity index is 913. The van der Waals surface area contributed by atoms with Crippen LogP contribution in [0.25, 0.3) is 22.7 Å². The van der Waals surface area contributed by atoms with Crippen LogP contribution in [0.1, 0.15) is 11.1 Å². The second kappa shape index (κ2) is 4.24. The van der Waals surface area contributed by atoms with Gasteiger partial charge in [-0.1, -0.05) is 11.3 Å². The van der Waals surface area contributed by atoms with Crippen molar-refractivity contribution in [1.82, 2.24) is 15.4 Å². The van der Waals surface area contributed by atoms with E-state index < -0.39 is 0 Å². The number of fused-ring (bicyclic) bond motifs is 2. The van der Waals surface area contributed by atoms with Crippen LogP contribution in [0.2, 0.25) is 0 Å². The Hall–Kier alpha value is -3.02. The van der Waals surface area contributed by atoms with Gasteiger partial charge in [-0.25, -0.2) is 4.39 Å². The summed E-state index contributed by atoms with van der Waals surface area (Å²) in [6.45, 7) is 0. The Balaban J connectivity index is 1.85. The van der Waals surface area contributed by atoms with E-state index in [-0.39, 0.29) is 11.7 Å². The van der Waals surface area contributed by atoms with Crippen molar-refractivity contribution in [2.45, 2.75) is 0 Å². The van der Waals surface area contributed by atoms with E-state index in [1.807, 2.05) is 18.2 Å². The number of benzene rings is 2. The number of nitrogens with one attached hydrogen (secondary N) is 2. The molecule has 1 aromatic heterocycles. The lowest BCUT2D eigenvalue weighted by Crippen LogP contribution is -2.03. The summed E-state index contributed by atoms with van der Waals surface area (Å²) in [5.74, 6) is -0.609. The minimum absolute atomic E-state index is 0.238. The molecule has 0 atom stereocenters. The van der Waals surface area contributed by atoms with Gasteiger partial charge in [0.1, 0.15) is 11.3 Å². The van der Waals surface area contributed by atoms with Gasteiger partial charge in [-0.05, 0) is 42.0 Å². The number of aromatic amines is 1. The van der Waals surface area contributed by atoms with Gasteiger partial charge in [0.25, 0.3) is 5.91 Å². The molecule has 1 aliphatic rings. The number of aromatic nitrogens is 3. The third-order valence-corrected chi connectivity index (χ3v) is 3.42. The van der Waals surface area contributed by atoms with Crippen LogP contribution in [0.4, 0.5) is 10.1 Å². The van der Waals surface area contributed by atoms with Crippen molar-refractivity contribution in [3.63, 3.8) is 0 Å². The maximum atomic E-state index is 13.4. The van der Waals surface area contributed by atoms with Crippen molar-refractivity contribution < 1.29 is 9.18 Å². The molecule has 1 amide bonds. The number of carbonyl (C=O) groups is 1. The highest BCUT2D eigenvalue weighted by Crippen LogP contribution is 2.33. The smallest absolute Gasteiger partial charge is 0.256 e. The maximum absolute atomic E-state index is 13.4. The van der Waals surface area contributed by atoms with E-state index in [2.05, 4.69) is 20.7 Å². The number of H-pyrrole nitrogens is 1. The lowest BCUT2D eigenvalue weighted by molar-refractivity contribution is -0.110. The van der Waals surface area contributed by atoms with E-state index in [1.54, 1.807) is 12.1 Å². The minimum Gasteiger partial charge on any atom is -0.321 e. The van der Waals surface area contributed by atoms with Gasteiger partial charge in [-0.2, -0.15) is 0 Å². The number of carbonyl (C=O) groups excluding carboxylic acids is 1. The van der Waals surface area contributed by atoms with Crippen molar-refractivity contribution in [2.24, 2.45) is 0 Å². The van der Waals surface area contributed by atoms with Gasteiger partial charge in [0.05, 0.1) is 5.52 Å². The Morgan fingerprint density at radius 2 is 2.05 bits per heavy atom. The predicted octanol–water partition coefficient (Wildman–Crippen LogP) is 2.59. The maximum Gasteiger partial charge on any atom is 0.256 e. The fraction of sp³-hybridized carbons (Fsp3) is 0. The van der Waals surface area contributed by atoms with Crippen molar-refractivity contribution in [3.8, 4) is 0 Å². The zero-order valence-electron chi connectivity index (χ0n) is 10.7. The van der Waals surface area contributed by atoms with Crippen molar-refractivity contribution in [3.05, 3.63) is 53.3 Å². The second-order valence-corrected chi connectivity index (χ2v) is 4.79. The lowest BCUT2D eigenvalue weighted by Gasteiger charge is -1.99. The van der Waals surface area contributed by atoms with Crippen LogP contribution in [-0.4, -0.2) is 21.3 Å². The highest BCUT2D eigenvalue weighted by atomic mass is 19.1. The molecule has 0 aliphatic carbocycles. The summed E-state index contributed by atoms with van der Waals surface area (Å²) in [5.41, 5.74) is 3.98. The largest absolute Gasteiger partial charge is 0.321 e. The van der Waals surface area contributed by atoms with Crippen LogP contribution < -0.4 is 5.32 Å². The van der Waals surface area contributed by atoms with E-state index in [4.69, 9.17) is 0 Å². The number of hydrogen-bond acceptors (Lipinski definition) is 3. The van der Waals surface area contributed by atoms with Crippen molar-refractivity contribution in [1.29, 1.82) is 0 Å². The normalized spacial score (nSPS) is 15.5. The first-order valence-corrected chi connectivity index (χ1v) is 6.34. The highest BCUT2D eigenvalue weighted by molar-refractivity contribution is 6.34. The molecule has 0 spiro atoms. The van der Waals surface area contributed by atoms with E-state index in [9.17, 15) is 9.18 Å². The standard InChI is InChI=1S/C15H9FN4O/c16-9-2-4-12-10(7-9)11(15(21)17-12)5-8-1-3-13-14(6-8)19-20-18-13/h1-7H,(H,17,21)(H,18,19,20)/b11-5+. The van der Waals surface area contributed by atoms with Gasteiger partial charge in [0.2, 0.25) is 0 Å². The molecule has 6 heteroatoms. The molecule has 2 heterocycles. The third kappa shape index (κ3) is 1.88. The number of anilines is 1. The molecule has 5 nitrogen and oxygen atoms in total. The van der Waals surface area contributed by atoms with Crippen LogP contribution in [0.15, 0.2) is 36.4 Å². The Morgan fingerprint density at radius 1 is 1.14 bits per heavy atom. The molecule has 0 saturated heterocycles. The van der Waals surface area contributed by atoms with Gasteiger partial charge in [-0.15, -0.1) is 5.10 Å². The monoisotopic (exact) mass is 280 g/mol. The van der Waals surface area contributed by atoms with Gasteiger partial charge < -0.3 is 5.32 Å². The van der Waals surface area contributed by atoms with Crippen LogP contribution in [0, 0.1) is 5.82 Å². The molecule has 21 heavy (non-hydrogen) atoms. The molecule has 0 unspecified atom stereocenters. The topological polar surface area (TPSA) is 70.7 Å². The average Bonchev–Trinajstić information content (AvgIpc) is 3.04. The first kappa shape index (κ1) is 11.8. The first-order valence-electron chi connectivity index (χ1n) is 6.34. The second-order valence-electron chi connectivity index (χ2n) is 4.79. The van der Waals surface area contributed by atoms with Gasteiger partial charge >= 0.3 is 0 Å². The van der Waals surface area contributed by atoms with Crippen molar-refractivity contribution in [2.75, 3.05) is 5.32 Å². The van der Waals surface area contributed by atoms with Crippen LogP contribution in [0.5, 0.6) is 0 Å². The minimum atomic E-state index is -0.371. The zero-order valence-corrected chi connectivity index (χ0v) is 10.7. The highest BCUT2D eigenvalue weighted by Gasteiger charge is 2.24. The van der Waals surface area contributed by atoms with Crippen molar-refractivity contribution >= 4 is 34.3 Å². The molecular formula is C15H9FN4O. The number of rotatable bonds is 1. The van der Waals surface area contributed by atoms with Crippen LogP contribution >= 0.6 is 0 Å². The average molecular weight is 280 g/mol. The molecule has 4 rings (SSSR count). The van der Waals surface area contributed by atoms with Crippen LogP contribution in [0.3, 0.4) is 0 Å². The summed E-state index contributed by atoms with van der Waals surface area (Å²) in [6.07, 6.45) is 1.72. The van der Waals surface area contributed by atoms with Crippen LogP contribution in [-0.2, 0) is 4.79 Å². The molecule has 3 aromatic rings. The number of amides is 1. The molecule has 0 fully saturated rings. The summed E-state index contributed by atoms with van der Waals surface area (Å²) >= 11 is 0. The number of hydrogen-bond donors (Lipinski definition) is 2. The Kier molecular flexibility index (Phi) is 2.38. The molecule has 0 radical (unpaired) electrons.